The van der Waals surface area contributed by atoms with Gasteiger partial charge in [0.1, 0.15) is 5.60 Å². The second-order valence-corrected chi connectivity index (χ2v) is 12.2. The summed E-state index contributed by atoms with van der Waals surface area (Å²) in [5.74, 6) is -0.510. The fourth-order valence-corrected chi connectivity index (χ4v) is 5.94. The number of benzene rings is 1. The molecule has 3 aliphatic heterocycles. The van der Waals surface area contributed by atoms with Gasteiger partial charge in [-0.1, -0.05) is 6.07 Å². The van der Waals surface area contributed by atoms with Crippen LogP contribution < -0.4 is 5.32 Å². The van der Waals surface area contributed by atoms with E-state index in [-0.39, 0.29) is 23.8 Å². The molecule has 216 valence electrons. The molecule has 1 aromatic heterocycles. The summed E-state index contributed by atoms with van der Waals surface area (Å²) in [6.45, 7) is 11.1. The van der Waals surface area contributed by atoms with E-state index in [9.17, 15) is 19.2 Å². The van der Waals surface area contributed by atoms with Crippen LogP contribution in [0.1, 0.15) is 68.4 Å². The maximum atomic E-state index is 13.4. The minimum Gasteiger partial charge on any atom is -0.444 e. The van der Waals surface area contributed by atoms with Gasteiger partial charge in [-0.3, -0.25) is 29.3 Å². The van der Waals surface area contributed by atoms with Gasteiger partial charge in [0, 0.05) is 70.2 Å². The third-order valence-electron chi connectivity index (χ3n) is 8.14. The van der Waals surface area contributed by atoms with Crippen molar-refractivity contribution in [2.45, 2.75) is 58.0 Å². The largest absolute Gasteiger partial charge is 0.444 e. The molecule has 0 radical (unpaired) electrons. The van der Waals surface area contributed by atoms with Gasteiger partial charge in [-0.25, -0.2) is 4.79 Å². The van der Waals surface area contributed by atoms with E-state index in [1.807, 2.05) is 55.8 Å². The molecule has 5 rings (SSSR count). The Kier molecular flexibility index (Phi) is 7.85. The second-order valence-electron chi connectivity index (χ2n) is 12.2. The Morgan fingerprint density at radius 2 is 1.70 bits per heavy atom. The molecule has 4 amide bonds. The molecule has 40 heavy (non-hydrogen) atoms. The van der Waals surface area contributed by atoms with E-state index in [4.69, 9.17) is 4.74 Å². The van der Waals surface area contributed by atoms with Crippen molar-refractivity contribution in [2.75, 3.05) is 45.8 Å². The van der Waals surface area contributed by atoms with Gasteiger partial charge >= 0.3 is 6.09 Å². The normalized spacial score (nSPS) is 21.6. The van der Waals surface area contributed by atoms with Crippen LogP contribution in [0.25, 0.3) is 10.9 Å². The fourth-order valence-electron chi connectivity index (χ4n) is 5.94. The molecule has 0 bridgehead atoms. The van der Waals surface area contributed by atoms with E-state index in [1.54, 1.807) is 4.68 Å². The second kappa shape index (κ2) is 11.2. The lowest BCUT2D eigenvalue weighted by Crippen LogP contribution is -2.51. The first-order valence-corrected chi connectivity index (χ1v) is 14.3. The molecule has 11 heteroatoms. The Labute approximate surface area is 234 Å². The number of nitrogens with zero attached hydrogens (tertiary/aromatic N) is 5. The van der Waals surface area contributed by atoms with Crippen molar-refractivity contribution in [2.24, 2.45) is 13.0 Å². The predicted octanol–water partition coefficient (Wildman–Crippen LogP) is 2.50. The van der Waals surface area contributed by atoms with Crippen LogP contribution in [0.15, 0.2) is 18.2 Å². The molecule has 1 unspecified atom stereocenters. The van der Waals surface area contributed by atoms with Gasteiger partial charge in [0.05, 0.1) is 17.1 Å². The quantitative estimate of drug-likeness (QED) is 0.579. The molecule has 1 N–H and O–H groups in total. The summed E-state index contributed by atoms with van der Waals surface area (Å²) in [5.41, 5.74) is 1.56. The van der Waals surface area contributed by atoms with E-state index in [1.165, 1.54) is 0 Å². The summed E-state index contributed by atoms with van der Waals surface area (Å²) in [6, 6.07) is 5.53. The number of piperidine rings is 2. The summed E-state index contributed by atoms with van der Waals surface area (Å²) in [6.07, 6.45) is 2.43. The molecule has 4 heterocycles. The number of imide groups is 1. The minimum atomic E-state index is -0.479. The number of hydrogen-bond donors (Lipinski definition) is 1. The number of piperazine rings is 1. The number of aromatic nitrogens is 2. The molecule has 1 atom stereocenters. The van der Waals surface area contributed by atoms with E-state index in [0.29, 0.717) is 43.1 Å². The molecule has 0 aliphatic carbocycles. The fraction of sp³-hybridized carbons (Fsp3) is 0.621. The highest BCUT2D eigenvalue weighted by Crippen LogP contribution is 2.31. The van der Waals surface area contributed by atoms with Crippen LogP contribution in [0.5, 0.6) is 0 Å². The van der Waals surface area contributed by atoms with Crippen LogP contribution in [0.3, 0.4) is 0 Å². The zero-order valence-corrected chi connectivity index (χ0v) is 23.9. The van der Waals surface area contributed by atoms with Crippen molar-refractivity contribution in [3.8, 4) is 0 Å². The summed E-state index contributed by atoms with van der Waals surface area (Å²) in [5, 5.41) is 7.82. The first kappa shape index (κ1) is 28.1. The lowest BCUT2D eigenvalue weighted by Gasteiger charge is -2.39. The highest BCUT2D eigenvalue weighted by Gasteiger charge is 2.33. The van der Waals surface area contributed by atoms with Crippen molar-refractivity contribution < 1.29 is 23.9 Å². The Morgan fingerprint density at radius 1 is 1.00 bits per heavy atom. The zero-order valence-electron chi connectivity index (χ0n) is 23.9. The molecular formula is C29H40N6O5. The Morgan fingerprint density at radius 3 is 2.35 bits per heavy atom. The van der Waals surface area contributed by atoms with Gasteiger partial charge in [-0.2, -0.15) is 5.10 Å². The third-order valence-corrected chi connectivity index (χ3v) is 8.14. The molecule has 0 saturated carbocycles. The van der Waals surface area contributed by atoms with Gasteiger partial charge in [-0.15, -0.1) is 0 Å². The number of ether oxygens (including phenoxy) is 1. The van der Waals surface area contributed by atoms with E-state index < -0.39 is 11.5 Å². The summed E-state index contributed by atoms with van der Waals surface area (Å²) >= 11 is 0. The number of likely N-dealkylation sites (tertiary alicyclic amines) is 1. The smallest absolute Gasteiger partial charge is 0.410 e. The number of carbonyl (C=O) groups is 4. The number of carbonyl (C=O) groups excluding carboxylic acids is 4. The van der Waals surface area contributed by atoms with Gasteiger partial charge in [0.15, 0.2) is 0 Å². The highest BCUT2D eigenvalue weighted by molar-refractivity contribution is 6.03. The molecule has 3 aliphatic rings. The third kappa shape index (κ3) is 6.14. The van der Waals surface area contributed by atoms with E-state index in [2.05, 4.69) is 15.3 Å². The number of rotatable bonds is 4. The number of fused-ring (bicyclic) bond motifs is 1. The summed E-state index contributed by atoms with van der Waals surface area (Å²) in [7, 11) is 1.81. The number of aryl methyl sites for hydroxylation is 1. The standard InChI is InChI=1S/C29H40N6O5/c1-29(2,3)40-28(39)35-11-9-19(10-12-35)18-33-13-15-34(16-14-33)27(38)20-5-6-21-23(17-20)32(4)31-25(21)22-7-8-24(36)30-26(22)37/h5-6,17,19,22H,7-16,18H2,1-4H3,(H,30,36,37). The molecule has 3 fully saturated rings. The SMILES string of the molecule is Cn1nc(C2CCC(=O)NC2=O)c2ccc(C(=O)N3CCN(CC4CCN(C(=O)OC(C)(C)C)CC4)CC3)cc21. The average Bonchev–Trinajstić information content (AvgIpc) is 3.23. The number of amides is 4. The van der Waals surface area contributed by atoms with Crippen LogP contribution in [-0.4, -0.2) is 99.7 Å². The molecule has 11 nitrogen and oxygen atoms in total. The van der Waals surface area contributed by atoms with Crippen molar-refractivity contribution in [1.82, 2.24) is 29.8 Å². The van der Waals surface area contributed by atoms with Crippen LogP contribution in [0.2, 0.25) is 0 Å². The maximum absolute atomic E-state index is 13.4. The van der Waals surface area contributed by atoms with Crippen LogP contribution in [0.4, 0.5) is 4.79 Å². The predicted molar refractivity (Wildman–Crippen MR) is 149 cm³/mol. The lowest BCUT2D eigenvalue weighted by molar-refractivity contribution is -0.134. The van der Waals surface area contributed by atoms with Crippen LogP contribution >= 0.6 is 0 Å². The molecular weight excluding hydrogens is 512 g/mol. The highest BCUT2D eigenvalue weighted by atomic mass is 16.6. The lowest BCUT2D eigenvalue weighted by atomic mass is 9.92. The number of hydrogen-bond acceptors (Lipinski definition) is 7. The Hall–Kier alpha value is -3.47. The van der Waals surface area contributed by atoms with Gasteiger partial charge in [0.25, 0.3) is 5.91 Å². The van der Waals surface area contributed by atoms with Crippen LogP contribution in [-0.2, 0) is 21.4 Å². The van der Waals surface area contributed by atoms with Gasteiger partial charge in [0.2, 0.25) is 11.8 Å². The van der Waals surface area contributed by atoms with Crippen molar-refractivity contribution in [1.29, 1.82) is 0 Å². The number of nitrogens with one attached hydrogen (secondary N) is 1. The Bertz CT molecular complexity index is 1300. The molecule has 0 spiro atoms. The summed E-state index contributed by atoms with van der Waals surface area (Å²) < 4.78 is 7.21. The van der Waals surface area contributed by atoms with Crippen molar-refractivity contribution in [3.05, 3.63) is 29.5 Å². The monoisotopic (exact) mass is 552 g/mol. The van der Waals surface area contributed by atoms with Crippen molar-refractivity contribution >= 4 is 34.7 Å². The van der Waals surface area contributed by atoms with Crippen molar-refractivity contribution in [3.63, 3.8) is 0 Å². The first-order chi connectivity index (χ1) is 19.0. The average molecular weight is 553 g/mol. The Balaban J connectivity index is 1.14. The molecule has 1 aromatic carbocycles. The maximum Gasteiger partial charge on any atom is 0.410 e. The van der Waals surface area contributed by atoms with Crippen LogP contribution in [0, 0.1) is 5.92 Å². The topological polar surface area (TPSA) is 117 Å². The van der Waals surface area contributed by atoms with Gasteiger partial charge < -0.3 is 14.5 Å². The first-order valence-electron chi connectivity index (χ1n) is 14.3. The van der Waals surface area contributed by atoms with E-state index >= 15 is 0 Å². The molecule has 2 aromatic rings. The minimum absolute atomic E-state index is 0.00373. The van der Waals surface area contributed by atoms with Gasteiger partial charge in [-0.05, 0) is 58.1 Å². The zero-order chi connectivity index (χ0) is 28.6. The molecule has 3 saturated heterocycles. The van der Waals surface area contributed by atoms with E-state index in [0.717, 1.165) is 56.5 Å². The summed E-state index contributed by atoms with van der Waals surface area (Å²) in [4.78, 5) is 55.8.